The Balaban J connectivity index is 1.75. The fourth-order valence-corrected chi connectivity index (χ4v) is 2.83. The van der Waals surface area contributed by atoms with Crippen molar-refractivity contribution in [1.82, 2.24) is 10.6 Å². The van der Waals surface area contributed by atoms with E-state index in [-0.39, 0.29) is 17.6 Å². The number of anilines is 1. The number of nitrogens with one attached hydrogen (secondary N) is 3. The van der Waals surface area contributed by atoms with Gasteiger partial charge in [0.2, 0.25) is 5.91 Å². The number of carbonyl (C=O) groups is 2. The number of phenolic OH excluding ortho intramolecular Hbond substituents is 1. The highest BCUT2D eigenvalue weighted by Crippen LogP contribution is 2.17. The number of carbonyl (C=O) groups excluding carboxylic acids is 2. The van der Waals surface area contributed by atoms with Crippen molar-refractivity contribution in [1.29, 1.82) is 0 Å². The summed E-state index contributed by atoms with van der Waals surface area (Å²) in [5, 5.41) is 14.8. The summed E-state index contributed by atoms with van der Waals surface area (Å²) in [5.74, 6) is 0.0146. The van der Waals surface area contributed by atoms with Gasteiger partial charge in [-0.25, -0.2) is 0 Å². The first kappa shape index (κ1) is 18.1. The van der Waals surface area contributed by atoms with E-state index < -0.39 is 6.04 Å². The molecule has 132 valence electrons. The number of likely N-dealkylation sites (N-methyl/N-ethyl adjacent to an activating group) is 1. The van der Waals surface area contributed by atoms with Crippen LogP contribution in [0.3, 0.4) is 0 Å². The molecule has 0 radical (unpaired) electrons. The van der Waals surface area contributed by atoms with E-state index >= 15 is 0 Å². The Morgan fingerprint density at radius 3 is 2.46 bits per heavy atom. The SMILES string of the molecule is CCNC(=O)[C@@H](C)NC(=O)C[NH+]1CCN(c2ccc(O)cc2)CC1. The minimum absolute atomic E-state index is 0.0955. The summed E-state index contributed by atoms with van der Waals surface area (Å²) in [5.41, 5.74) is 1.08. The van der Waals surface area contributed by atoms with Crippen LogP contribution in [0.1, 0.15) is 13.8 Å². The zero-order valence-corrected chi connectivity index (χ0v) is 14.3. The van der Waals surface area contributed by atoms with Gasteiger partial charge in [0, 0.05) is 12.2 Å². The van der Waals surface area contributed by atoms with Crippen LogP contribution in [-0.4, -0.2) is 62.2 Å². The Morgan fingerprint density at radius 1 is 1.25 bits per heavy atom. The summed E-state index contributed by atoms with van der Waals surface area (Å²) >= 11 is 0. The van der Waals surface area contributed by atoms with Crippen LogP contribution >= 0.6 is 0 Å². The van der Waals surface area contributed by atoms with E-state index in [1.54, 1.807) is 19.1 Å². The van der Waals surface area contributed by atoms with E-state index in [0.717, 1.165) is 31.9 Å². The zero-order chi connectivity index (χ0) is 17.5. The van der Waals surface area contributed by atoms with Gasteiger partial charge in [-0.2, -0.15) is 0 Å². The Kier molecular flexibility index (Phi) is 6.43. The molecule has 1 aliphatic heterocycles. The third-order valence-corrected chi connectivity index (χ3v) is 4.22. The second-order valence-corrected chi connectivity index (χ2v) is 6.11. The van der Waals surface area contributed by atoms with Crippen molar-refractivity contribution in [2.75, 3.05) is 44.2 Å². The van der Waals surface area contributed by atoms with Crippen molar-refractivity contribution in [3.8, 4) is 5.75 Å². The van der Waals surface area contributed by atoms with Gasteiger partial charge in [-0.1, -0.05) is 0 Å². The van der Waals surface area contributed by atoms with E-state index in [9.17, 15) is 14.7 Å². The van der Waals surface area contributed by atoms with Crippen LogP contribution in [0.15, 0.2) is 24.3 Å². The van der Waals surface area contributed by atoms with Crippen molar-refractivity contribution in [2.45, 2.75) is 19.9 Å². The van der Waals surface area contributed by atoms with Gasteiger partial charge < -0.3 is 25.5 Å². The van der Waals surface area contributed by atoms with Crippen LogP contribution in [0.4, 0.5) is 5.69 Å². The highest BCUT2D eigenvalue weighted by molar-refractivity contribution is 5.87. The van der Waals surface area contributed by atoms with E-state index in [1.807, 2.05) is 19.1 Å². The Bertz CT molecular complexity index is 553. The van der Waals surface area contributed by atoms with E-state index in [4.69, 9.17) is 0 Å². The summed E-state index contributed by atoms with van der Waals surface area (Å²) in [7, 11) is 0. The lowest BCUT2D eigenvalue weighted by atomic mass is 10.2. The van der Waals surface area contributed by atoms with Crippen LogP contribution in [0, 0.1) is 0 Å². The molecule has 0 spiro atoms. The predicted molar refractivity (Wildman–Crippen MR) is 92.2 cm³/mol. The minimum atomic E-state index is -0.505. The third kappa shape index (κ3) is 5.13. The van der Waals surface area contributed by atoms with E-state index in [1.165, 1.54) is 4.90 Å². The summed E-state index contributed by atoms with van der Waals surface area (Å²) in [4.78, 5) is 27.2. The molecule has 1 atom stereocenters. The Labute approximate surface area is 142 Å². The van der Waals surface area contributed by atoms with Crippen LogP contribution < -0.4 is 20.4 Å². The Hall–Kier alpha value is -2.28. The van der Waals surface area contributed by atoms with Gasteiger partial charge in [-0.05, 0) is 38.1 Å². The zero-order valence-electron chi connectivity index (χ0n) is 14.3. The summed E-state index contributed by atoms with van der Waals surface area (Å²) in [6.07, 6.45) is 0. The maximum Gasteiger partial charge on any atom is 0.275 e. The van der Waals surface area contributed by atoms with Gasteiger partial charge in [0.05, 0.1) is 26.2 Å². The molecule has 1 aromatic carbocycles. The quantitative estimate of drug-likeness (QED) is 0.523. The number of rotatable bonds is 6. The van der Waals surface area contributed by atoms with Gasteiger partial charge in [-0.15, -0.1) is 0 Å². The second-order valence-electron chi connectivity index (χ2n) is 6.11. The van der Waals surface area contributed by atoms with E-state index in [0.29, 0.717) is 13.1 Å². The highest BCUT2D eigenvalue weighted by atomic mass is 16.3. The number of nitrogens with zero attached hydrogens (tertiary/aromatic N) is 1. The number of hydrogen-bond donors (Lipinski definition) is 4. The van der Waals surface area contributed by atoms with Gasteiger partial charge in [-0.3, -0.25) is 9.59 Å². The number of piperazine rings is 1. The summed E-state index contributed by atoms with van der Waals surface area (Å²) in [6, 6.07) is 6.67. The lowest BCUT2D eigenvalue weighted by Crippen LogP contribution is -3.16. The third-order valence-electron chi connectivity index (χ3n) is 4.22. The number of phenols is 1. The summed E-state index contributed by atoms with van der Waals surface area (Å²) < 4.78 is 0. The topological polar surface area (TPSA) is 86.1 Å². The number of quaternary nitrogens is 1. The summed E-state index contributed by atoms with van der Waals surface area (Å²) in [6.45, 7) is 7.94. The molecule has 24 heavy (non-hydrogen) atoms. The van der Waals surface area contributed by atoms with Crippen molar-refractivity contribution in [2.24, 2.45) is 0 Å². The molecule has 0 aliphatic carbocycles. The fraction of sp³-hybridized carbons (Fsp3) is 0.529. The molecule has 1 fully saturated rings. The molecule has 0 bridgehead atoms. The molecule has 1 aliphatic rings. The molecule has 0 aromatic heterocycles. The molecule has 7 heteroatoms. The van der Waals surface area contributed by atoms with Crippen molar-refractivity contribution < 1.29 is 19.6 Å². The van der Waals surface area contributed by atoms with Crippen LogP contribution in [0.2, 0.25) is 0 Å². The molecule has 0 unspecified atom stereocenters. The fourth-order valence-electron chi connectivity index (χ4n) is 2.83. The van der Waals surface area contributed by atoms with Crippen LogP contribution in [-0.2, 0) is 9.59 Å². The van der Waals surface area contributed by atoms with Crippen LogP contribution in [0.25, 0.3) is 0 Å². The molecule has 0 saturated carbocycles. The van der Waals surface area contributed by atoms with Gasteiger partial charge in [0.15, 0.2) is 6.54 Å². The first-order valence-electron chi connectivity index (χ1n) is 8.44. The average molecular weight is 335 g/mol. The second kappa shape index (κ2) is 8.54. The standard InChI is InChI=1S/C17H26N4O3/c1-3-18-17(24)13(2)19-16(23)12-20-8-10-21(11-9-20)14-4-6-15(22)7-5-14/h4-7,13,22H,3,8-12H2,1-2H3,(H,18,24)(H,19,23)/p+1/t13-/m1/s1. The van der Waals surface area contributed by atoms with Gasteiger partial charge in [0.25, 0.3) is 5.91 Å². The minimum Gasteiger partial charge on any atom is -0.508 e. The molecule has 4 N–H and O–H groups in total. The average Bonchev–Trinajstić information content (AvgIpc) is 2.56. The number of benzene rings is 1. The van der Waals surface area contributed by atoms with Gasteiger partial charge >= 0.3 is 0 Å². The number of hydrogen-bond acceptors (Lipinski definition) is 4. The first-order valence-corrected chi connectivity index (χ1v) is 8.44. The van der Waals surface area contributed by atoms with Gasteiger partial charge in [0.1, 0.15) is 11.8 Å². The highest BCUT2D eigenvalue weighted by Gasteiger charge is 2.24. The molecule has 1 aromatic rings. The van der Waals surface area contributed by atoms with Crippen molar-refractivity contribution in [3.63, 3.8) is 0 Å². The van der Waals surface area contributed by atoms with E-state index in [2.05, 4.69) is 15.5 Å². The van der Waals surface area contributed by atoms with Crippen LogP contribution in [0.5, 0.6) is 5.75 Å². The molecule has 1 heterocycles. The normalized spacial score (nSPS) is 16.5. The lowest BCUT2D eigenvalue weighted by molar-refractivity contribution is -0.892. The molecular weight excluding hydrogens is 308 g/mol. The monoisotopic (exact) mass is 335 g/mol. The number of amides is 2. The lowest BCUT2D eigenvalue weighted by Gasteiger charge is -2.33. The molecular formula is C17H27N4O3+. The smallest absolute Gasteiger partial charge is 0.275 e. The van der Waals surface area contributed by atoms with Crippen molar-refractivity contribution >= 4 is 17.5 Å². The predicted octanol–water partition coefficient (Wildman–Crippen LogP) is -1.26. The molecule has 7 nitrogen and oxygen atoms in total. The largest absolute Gasteiger partial charge is 0.508 e. The maximum absolute atomic E-state index is 12.1. The Morgan fingerprint density at radius 2 is 1.88 bits per heavy atom. The maximum atomic E-state index is 12.1. The first-order chi connectivity index (χ1) is 11.5. The molecule has 1 saturated heterocycles. The molecule has 2 rings (SSSR count). The number of aromatic hydroxyl groups is 1. The molecule has 2 amide bonds. The van der Waals surface area contributed by atoms with Crippen molar-refractivity contribution in [3.05, 3.63) is 24.3 Å².